The van der Waals surface area contributed by atoms with Crippen molar-refractivity contribution in [1.82, 2.24) is 4.98 Å². The van der Waals surface area contributed by atoms with E-state index < -0.39 is 0 Å². The molecule has 1 unspecified atom stereocenters. The summed E-state index contributed by atoms with van der Waals surface area (Å²) >= 11 is 6.31. The van der Waals surface area contributed by atoms with E-state index >= 15 is 0 Å². The predicted molar refractivity (Wildman–Crippen MR) is 115 cm³/mol. The Kier molecular flexibility index (Phi) is 4.10. The zero-order chi connectivity index (χ0) is 19.1. The molecule has 0 saturated carbocycles. The van der Waals surface area contributed by atoms with Crippen LogP contribution in [0, 0.1) is 0 Å². The fraction of sp³-hybridized carbons (Fsp3) is 0.160. The van der Waals surface area contributed by atoms with E-state index in [-0.39, 0.29) is 5.41 Å². The Morgan fingerprint density at radius 3 is 2.64 bits per heavy atom. The predicted octanol–water partition coefficient (Wildman–Crippen LogP) is 6.45. The molecule has 0 bridgehead atoms. The molecule has 5 rings (SSSR count). The van der Waals surface area contributed by atoms with Crippen molar-refractivity contribution in [1.29, 1.82) is 0 Å². The van der Waals surface area contributed by atoms with Gasteiger partial charge in [0, 0.05) is 33.1 Å². The third-order valence-corrected chi connectivity index (χ3v) is 5.89. The lowest BCUT2D eigenvalue weighted by molar-refractivity contribution is 0.277. The molecule has 0 saturated heterocycles. The maximum atomic E-state index is 6.31. The first kappa shape index (κ1) is 17.3. The van der Waals surface area contributed by atoms with Gasteiger partial charge in [-0.2, -0.15) is 0 Å². The molecule has 1 aliphatic heterocycles. The van der Waals surface area contributed by atoms with Crippen molar-refractivity contribution in [3.63, 3.8) is 0 Å². The number of benzene rings is 3. The fourth-order valence-electron chi connectivity index (χ4n) is 4.20. The van der Waals surface area contributed by atoms with Gasteiger partial charge in [0.25, 0.3) is 0 Å². The molecule has 28 heavy (non-hydrogen) atoms. The summed E-state index contributed by atoms with van der Waals surface area (Å²) in [6, 6.07) is 24.8. The Morgan fingerprint density at radius 1 is 1.00 bits per heavy atom. The first-order valence-corrected chi connectivity index (χ1v) is 9.87. The average Bonchev–Trinajstić information content (AvgIpc) is 3.05. The second kappa shape index (κ2) is 6.65. The number of nitrogens with zero attached hydrogens (tertiary/aromatic N) is 1. The molecule has 0 fully saturated rings. The summed E-state index contributed by atoms with van der Waals surface area (Å²) < 4.78 is 6.02. The van der Waals surface area contributed by atoms with Gasteiger partial charge in [-0.15, -0.1) is 0 Å². The normalized spacial score (nSPS) is 18.1. The van der Waals surface area contributed by atoms with Crippen molar-refractivity contribution in [2.45, 2.75) is 18.8 Å². The molecule has 0 spiro atoms. The van der Waals surface area contributed by atoms with Gasteiger partial charge in [-0.25, -0.2) is 0 Å². The number of fused-ring (bicyclic) bond motifs is 2. The summed E-state index contributed by atoms with van der Waals surface area (Å²) in [5, 5.41) is 3.15. The van der Waals surface area contributed by atoms with E-state index in [1.54, 1.807) is 0 Å². The van der Waals surface area contributed by atoms with E-state index in [2.05, 4.69) is 55.5 Å². The van der Waals surface area contributed by atoms with Crippen LogP contribution in [0.25, 0.3) is 22.0 Å². The van der Waals surface area contributed by atoms with Crippen LogP contribution in [0.3, 0.4) is 0 Å². The molecule has 3 heteroatoms. The van der Waals surface area contributed by atoms with Crippen LogP contribution in [0.4, 0.5) is 0 Å². The Hall–Kier alpha value is -2.84. The smallest absolute Gasteiger partial charge is 0.123 e. The molecule has 2 heterocycles. The molecular formula is C25H20ClNO. The van der Waals surface area contributed by atoms with Gasteiger partial charge in [0.2, 0.25) is 0 Å². The van der Waals surface area contributed by atoms with Gasteiger partial charge < -0.3 is 4.74 Å². The quantitative estimate of drug-likeness (QED) is 0.404. The number of aromatic nitrogens is 1. The number of halogens is 1. The van der Waals surface area contributed by atoms with Crippen LogP contribution >= 0.6 is 11.6 Å². The van der Waals surface area contributed by atoms with Gasteiger partial charge in [0.1, 0.15) is 5.75 Å². The highest BCUT2D eigenvalue weighted by molar-refractivity contribution is 6.30. The monoisotopic (exact) mass is 385 g/mol. The highest BCUT2D eigenvalue weighted by Gasteiger charge is 2.37. The van der Waals surface area contributed by atoms with Crippen LogP contribution in [-0.4, -0.2) is 11.6 Å². The minimum Gasteiger partial charge on any atom is -0.492 e. The molecule has 0 aliphatic carbocycles. The first-order chi connectivity index (χ1) is 13.6. The summed E-state index contributed by atoms with van der Waals surface area (Å²) in [6.45, 7) is 2.89. The van der Waals surface area contributed by atoms with Gasteiger partial charge in [-0.3, -0.25) is 4.98 Å². The molecule has 0 N–H and O–H groups in total. The molecule has 1 atom stereocenters. The van der Waals surface area contributed by atoms with E-state index in [1.165, 1.54) is 16.5 Å². The highest BCUT2D eigenvalue weighted by atomic mass is 35.5. The van der Waals surface area contributed by atoms with E-state index in [1.807, 2.05) is 30.5 Å². The summed E-state index contributed by atoms with van der Waals surface area (Å²) in [7, 11) is 0. The van der Waals surface area contributed by atoms with E-state index in [9.17, 15) is 0 Å². The van der Waals surface area contributed by atoms with Crippen molar-refractivity contribution in [3.8, 4) is 17.0 Å². The minimum absolute atomic E-state index is 0.157. The Labute approximate surface area is 169 Å². The van der Waals surface area contributed by atoms with Crippen LogP contribution in [0.15, 0.2) is 79.0 Å². The zero-order valence-electron chi connectivity index (χ0n) is 15.7. The second-order valence-electron chi connectivity index (χ2n) is 7.71. The Balaban J connectivity index is 1.70. The van der Waals surface area contributed by atoms with Gasteiger partial charge in [0.05, 0.1) is 12.3 Å². The van der Waals surface area contributed by atoms with E-state index in [0.29, 0.717) is 6.61 Å². The van der Waals surface area contributed by atoms with E-state index in [0.717, 1.165) is 33.8 Å². The molecule has 138 valence electrons. The minimum atomic E-state index is -0.157. The van der Waals surface area contributed by atoms with Crippen LogP contribution in [0.5, 0.6) is 5.75 Å². The van der Waals surface area contributed by atoms with Crippen LogP contribution < -0.4 is 4.74 Å². The molecule has 2 nitrogen and oxygen atoms in total. The lowest BCUT2D eigenvalue weighted by Crippen LogP contribution is -2.27. The molecule has 1 aromatic heterocycles. The molecule has 0 amide bonds. The van der Waals surface area contributed by atoms with Crippen molar-refractivity contribution in [3.05, 3.63) is 95.1 Å². The summed E-state index contributed by atoms with van der Waals surface area (Å²) in [5.74, 6) is 0.932. The Morgan fingerprint density at radius 2 is 1.79 bits per heavy atom. The molecule has 4 aromatic rings. The van der Waals surface area contributed by atoms with Gasteiger partial charge in [-0.05, 0) is 35.6 Å². The van der Waals surface area contributed by atoms with Crippen molar-refractivity contribution in [2.24, 2.45) is 0 Å². The van der Waals surface area contributed by atoms with E-state index in [4.69, 9.17) is 21.3 Å². The highest BCUT2D eigenvalue weighted by Crippen LogP contribution is 2.44. The first-order valence-electron chi connectivity index (χ1n) is 9.49. The summed E-state index contributed by atoms with van der Waals surface area (Å²) in [5.41, 5.74) is 4.44. The largest absolute Gasteiger partial charge is 0.492 e. The number of pyridine rings is 1. The Bertz CT molecular complexity index is 1170. The van der Waals surface area contributed by atoms with Gasteiger partial charge in [0.15, 0.2) is 0 Å². The van der Waals surface area contributed by atoms with Gasteiger partial charge >= 0.3 is 0 Å². The summed E-state index contributed by atoms with van der Waals surface area (Å²) in [4.78, 5) is 4.86. The number of hydrogen-bond donors (Lipinski definition) is 0. The lowest BCUT2D eigenvalue weighted by atomic mass is 9.77. The number of rotatable bonds is 3. The van der Waals surface area contributed by atoms with Crippen molar-refractivity contribution >= 4 is 22.4 Å². The fourth-order valence-corrected chi connectivity index (χ4v) is 4.37. The van der Waals surface area contributed by atoms with Crippen molar-refractivity contribution in [2.75, 3.05) is 6.61 Å². The zero-order valence-corrected chi connectivity index (χ0v) is 16.4. The number of hydrogen-bond acceptors (Lipinski definition) is 2. The van der Waals surface area contributed by atoms with Crippen LogP contribution in [0.1, 0.15) is 18.1 Å². The van der Waals surface area contributed by atoms with Gasteiger partial charge in [-0.1, -0.05) is 73.1 Å². The molecule has 1 aliphatic rings. The SMILES string of the molecule is CC1(Cc2c(-c3ccccc3)ncc3ccccc23)COc2ccc(Cl)cc21. The maximum absolute atomic E-state index is 6.31. The third-order valence-electron chi connectivity index (χ3n) is 5.66. The average molecular weight is 386 g/mol. The molecule has 0 radical (unpaired) electrons. The number of ether oxygens (including phenoxy) is 1. The molecule has 3 aromatic carbocycles. The summed E-state index contributed by atoms with van der Waals surface area (Å²) in [6.07, 6.45) is 2.80. The lowest BCUT2D eigenvalue weighted by Gasteiger charge is -2.25. The topological polar surface area (TPSA) is 22.1 Å². The second-order valence-corrected chi connectivity index (χ2v) is 8.14. The third kappa shape index (κ3) is 2.85. The standard InChI is InChI=1S/C25H20ClNO/c1-25(16-28-23-12-11-19(26)13-22(23)25)14-21-20-10-6-5-9-18(20)15-27-24(21)17-7-3-2-4-8-17/h2-13,15H,14,16H2,1H3. The molecular weight excluding hydrogens is 366 g/mol. The van der Waals surface area contributed by atoms with Crippen LogP contribution in [0.2, 0.25) is 5.02 Å². The van der Waals surface area contributed by atoms with Crippen LogP contribution in [-0.2, 0) is 11.8 Å². The van der Waals surface area contributed by atoms with Crippen molar-refractivity contribution < 1.29 is 4.74 Å². The maximum Gasteiger partial charge on any atom is 0.123 e.